The van der Waals surface area contributed by atoms with Gasteiger partial charge in [-0.3, -0.25) is 20.9 Å². The van der Waals surface area contributed by atoms with Crippen LogP contribution in [0.5, 0.6) is 0 Å². The van der Waals surface area contributed by atoms with E-state index in [2.05, 4.69) is 20.9 Å². The number of hydrogen-bond donors (Lipinski definition) is 5. The van der Waals surface area contributed by atoms with Crippen molar-refractivity contribution >= 4 is 50.6 Å². The van der Waals surface area contributed by atoms with Crippen molar-refractivity contribution in [1.29, 1.82) is 0 Å². The van der Waals surface area contributed by atoms with Gasteiger partial charge in [-0.2, -0.15) is 42.1 Å². The Labute approximate surface area is 842 Å². The largest absolute Gasteiger partial charge is 0.378 e. The lowest BCUT2D eigenvalue weighted by molar-refractivity contribution is -0.121. The normalized spacial score (nSPS) is 13.7. The molecule has 0 amide bonds. The Hall–Kier alpha value is -2.01. The van der Waals surface area contributed by atoms with Gasteiger partial charge >= 0.3 is 0 Å². The molecule has 0 aliphatic carbocycles. The maximum absolute atomic E-state index is 11.2. The van der Waals surface area contributed by atoms with Gasteiger partial charge in [-0.25, -0.2) is 0 Å². The SMILES string of the molecule is CS(=O)(=O)OCCOCCOCCOCC(COCC(COCC(COCCOCCOCCOS(C)(=O)=O)OCCOCCOCCOS(C)(=O)=O)OCCOCCOCCOS(C)(=O)=O)OCCOCCOCCOS(C)(=O)=O.NCCOCCOCCOCC(COCC(COCC(COCCOCCOCCN)OCCOCCOCCN)OCCOCCOCCN)OCCOCCOCCN. The molecule has 59 heteroatoms. The first kappa shape index (κ1) is 142. The van der Waals surface area contributed by atoms with E-state index >= 15 is 0 Å². The highest BCUT2D eigenvalue weighted by Crippen LogP contribution is 2.08. The van der Waals surface area contributed by atoms with E-state index in [1.807, 2.05) is 0 Å². The molecule has 54 nitrogen and oxygen atoms in total. The summed E-state index contributed by atoms with van der Waals surface area (Å²) in [6.45, 7) is 18.3. The van der Waals surface area contributed by atoms with E-state index in [0.717, 1.165) is 31.3 Å². The highest BCUT2D eigenvalue weighted by molar-refractivity contribution is 7.86. The monoisotopic (exact) mass is 2190 g/mol. The molecule has 0 radical (unpaired) electrons. The fraction of sp³-hybridized carbons (Fsp3) is 1.00. The quantitative estimate of drug-likeness (QED) is 0.0280. The summed E-state index contributed by atoms with van der Waals surface area (Å²) < 4.78 is 328. The van der Waals surface area contributed by atoms with Crippen LogP contribution < -0.4 is 28.7 Å². The Balaban J connectivity index is 0. The van der Waals surface area contributed by atoms with E-state index < -0.39 is 75.0 Å². The summed E-state index contributed by atoms with van der Waals surface area (Å²) in [5.74, 6) is 0. The summed E-state index contributed by atoms with van der Waals surface area (Å²) in [6.07, 6.45) is 1.73. The van der Waals surface area contributed by atoms with Gasteiger partial charge in [-0.15, -0.1) is 0 Å². The Morgan fingerprint density at radius 1 is 0.127 bits per heavy atom. The predicted molar refractivity (Wildman–Crippen MR) is 511 cm³/mol. The van der Waals surface area contributed by atoms with E-state index in [9.17, 15) is 42.1 Å². The first-order valence-corrected chi connectivity index (χ1v) is 56.3. The van der Waals surface area contributed by atoms with Crippen molar-refractivity contribution in [3.63, 3.8) is 0 Å². The number of rotatable bonds is 120. The van der Waals surface area contributed by atoms with Gasteiger partial charge in [0.05, 0.1) is 474 Å². The summed E-state index contributed by atoms with van der Waals surface area (Å²) in [4.78, 5) is 0. The topological polar surface area (TPSA) is 661 Å². The predicted octanol–water partition coefficient (Wildman–Crippen LogP) is -5.58. The van der Waals surface area contributed by atoms with Crippen LogP contribution in [0.2, 0.25) is 0 Å². The van der Waals surface area contributed by atoms with Gasteiger partial charge in [0, 0.05) is 32.7 Å². The zero-order valence-corrected chi connectivity index (χ0v) is 88.4. The van der Waals surface area contributed by atoms with Crippen molar-refractivity contribution in [3.8, 4) is 0 Å². The highest BCUT2D eigenvalue weighted by atomic mass is 32.2. The number of hydrogen-bond acceptors (Lipinski definition) is 54. The van der Waals surface area contributed by atoms with Crippen molar-refractivity contribution in [3.05, 3.63) is 0 Å². The van der Waals surface area contributed by atoms with Crippen LogP contribution in [0.15, 0.2) is 0 Å². The van der Waals surface area contributed by atoms with Gasteiger partial charge in [-0.05, 0) is 0 Å². The number of nitrogens with two attached hydrogens (primary N) is 5. The van der Waals surface area contributed by atoms with Gasteiger partial charge in [0.25, 0.3) is 50.6 Å². The molecule has 0 aromatic rings. The van der Waals surface area contributed by atoms with Crippen LogP contribution in [0.1, 0.15) is 0 Å². The Bertz CT molecular complexity index is 3020. The van der Waals surface area contributed by atoms with Gasteiger partial charge in [0.15, 0.2) is 0 Å². The lowest BCUT2D eigenvalue weighted by Crippen LogP contribution is -2.34. The molecule has 0 bridgehead atoms. The minimum absolute atomic E-state index is 0.0304. The zero-order chi connectivity index (χ0) is 104. The second-order valence-electron chi connectivity index (χ2n) is 29.2. The van der Waals surface area contributed by atoms with Gasteiger partial charge < -0.3 is 190 Å². The van der Waals surface area contributed by atoms with Crippen molar-refractivity contribution in [2.24, 2.45) is 28.7 Å². The summed E-state index contributed by atoms with van der Waals surface area (Å²) in [5, 5.41) is 0. The molecule has 142 heavy (non-hydrogen) atoms. The molecule has 0 heterocycles. The third kappa shape index (κ3) is 122. The third-order valence-electron chi connectivity index (χ3n) is 16.3. The van der Waals surface area contributed by atoms with Crippen LogP contribution in [0.25, 0.3) is 0 Å². The van der Waals surface area contributed by atoms with E-state index in [1.54, 1.807) is 0 Å². The minimum Gasteiger partial charge on any atom is -0.378 e. The van der Waals surface area contributed by atoms with Gasteiger partial charge in [0.2, 0.25) is 0 Å². The molecule has 4 unspecified atom stereocenters. The molecule has 0 saturated carbocycles. The standard InChI is InChI=1S/C44H90O32S5.C39H85N5O17/c1-77(45,46)72-31-23-60-11-6-55-16-18-65-36-42(69-28-20-57-8-13-62-25-33-74-79(3,49)50)38-67-40-44(71-30-22-59-10-15-64-27-35-76-81(5,53)54)41-68-39-43(70-29-21-58-9-14-63-26-34-75-80(4,51)52)37-66-19-17-56-7-12-61-24-32-73-78(2,47)48;40-1-6-45-11-16-50-21-23-55-31-37(59-28-25-52-18-13-47-8-3-42)33-57-35-39(61-30-27-54-20-15-49-10-5-44)36-58-34-38(60-29-26-53-19-14-48-9-4-43)32-56-24-22-51-17-12-46-7-2-41/h42-44H,6-41H2,1-5H3;37-39H,1-36,40-44H2. The molecular weight excluding hydrogens is 2010 g/mol. The van der Waals surface area contributed by atoms with Crippen molar-refractivity contribution in [1.82, 2.24) is 0 Å². The van der Waals surface area contributed by atoms with E-state index in [-0.39, 0.29) is 290 Å². The van der Waals surface area contributed by atoms with Crippen molar-refractivity contribution in [2.45, 2.75) is 36.6 Å². The van der Waals surface area contributed by atoms with Crippen molar-refractivity contribution in [2.75, 3.05) is 507 Å². The molecule has 0 spiro atoms. The van der Waals surface area contributed by atoms with Crippen LogP contribution in [0.3, 0.4) is 0 Å². The molecule has 856 valence electrons. The lowest BCUT2D eigenvalue weighted by atomic mass is 10.3. The lowest BCUT2D eigenvalue weighted by Gasteiger charge is -2.23. The van der Waals surface area contributed by atoms with E-state index in [1.165, 1.54) is 0 Å². The van der Waals surface area contributed by atoms with Crippen molar-refractivity contribution < 1.29 is 224 Å². The fourth-order valence-corrected chi connectivity index (χ4v) is 11.9. The molecule has 0 aromatic carbocycles. The Morgan fingerprint density at radius 2 is 0.218 bits per heavy atom. The van der Waals surface area contributed by atoms with E-state index in [0.29, 0.717) is 198 Å². The fourth-order valence-electron chi connectivity index (χ4n) is 10.0. The average molecular weight is 2190 g/mol. The molecular formula is C83H175N5O49S5. The first-order valence-electron chi connectivity index (χ1n) is 47.2. The minimum atomic E-state index is -3.59. The summed E-state index contributed by atoms with van der Waals surface area (Å²) in [6, 6.07) is 0. The summed E-state index contributed by atoms with van der Waals surface area (Å²) >= 11 is 0. The highest BCUT2D eigenvalue weighted by Gasteiger charge is 2.22. The smallest absolute Gasteiger partial charge is 0.264 e. The summed E-state index contributed by atoms with van der Waals surface area (Å²) in [5.41, 5.74) is 27.3. The molecule has 10 N–H and O–H groups in total. The molecule has 4 atom stereocenters. The van der Waals surface area contributed by atoms with Crippen LogP contribution in [-0.2, 0) is 233 Å². The molecule has 0 aliphatic rings. The van der Waals surface area contributed by atoms with Gasteiger partial charge in [0.1, 0.15) is 36.6 Å². The van der Waals surface area contributed by atoms with Crippen LogP contribution in [0.4, 0.5) is 0 Å². The Kier molecular flexibility index (Phi) is 107. The molecule has 0 fully saturated rings. The van der Waals surface area contributed by atoms with Gasteiger partial charge in [-0.1, -0.05) is 0 Å². The van der Waals surface area contributed by atoms with Crippen LogP contribution in [-0.4, -0.2) is 585 Å². The summed E-state index contributed by atoms with van der Waals surface area (Å²) in [7, 11) is -17.9. The van der Waals surface area contributed by atoms with Crippen LogP contribution in [0, 0.1) is 0 Å². The molecule has 0 saturated heterocycles. The third-order valence-corrected chi connectivity index (χ3v) is 19.3. The average Bonchev–Trinajstić information content (AvgIpc) is 0.947. The zero-order valence-electron chi connectivity index (χ0n) is 84.3. The Morgan fingerprint density at radius 3 is 0.331 bits per heavy atom. The van der Waals surface area contributed by atoms with E-state index in [4.69, 9.17) is 190 Å². The van der Waals surface area contributed by atoms with Crippen LogP contribution >= 0.6 is 0 Å². The molecule has 0 aliphatic heterocycles. The first-order chi connectivity index (χ1) is 68.7. The second-order valence-corrected chi connectivity index (χ2v) is 37.4. The maximum atomic E-state index is 11.2. The molecule has 0 rings (SSSR count). The second kappa shape index (κ2) is 107. The molecule has 0 aromatic heterocycles. The number of ether oxygens (including phenoxy) is 34. The maximum Gasteiger partial charge on any atom is 0.264 e.